The maximum atomic E-state index is 5.29. The van der Waals surface area contributed by atoms with Crippen molar-refractivity contribution in [2.75, 3.05) is 27.3 Å². The molecule has 0 spiro atoms. The second kappa shape index (κ2) is 8.48. The van der Waals surface area contributed by atoms with E-state index in [-0.39, 0.29) is 0 Å². The minimum atomic E-state index is 0.370. The van der Waals surface area contributed by atoms with E-state index in [0.717, 1.165) is 37.1 Å². The zero-order chi connectivity index (χ0) is 15.8. The van der Waals surface area contributed by atoms with Crippen LogP contribution in [0.15, 0.2) is 11.2 Å². The third-order valence-electron chi connectivity index (χ3n) is 4.45. The van der Waals surface area contributed by atoms with Gasteiger partial charge in [-0.05, 0) is 31.6 Å². The molecule has 5 nitrogen and oxygen atoms in total. The molecule has 0 aromatic carbocycles. The molecule has 22 heavy (non-hydrogen) atoms. The zero-order valence-corrected chi connectivity index (χ0v) is 14.8. The summed E-state index contributed by atoms with van der Waals surface area (Å²) in [5.74, 6) is 0.870. The van der Waals surface area contributed by atoms with Gasteiger partial charge in [0.15, 0.2) is 5.96 Å². The number of nitrogens with one attached hydrogen (secondary N) is 2. The maximum absolute atomic E-state index is 5.29. The minimum absolute atomic E-state index is 0.370. The Kier molecular flexibility index (Phi) is 6.64. The van der Waals surface area contributed by atoms with Crippen molar-refractivity contribution >= 4 is 17.3 Å². The maximum Gasteiger partial charge on any atom is 0.191 e. The van der Waals surface area contributed by atoms with E-state index in [9.17, 15) is 0 Å². The molecule has 0 saturated heterocycles. The molecule has 0 bridgehead atoms. The summed E-state index contributed by atoms with van der Waals surface area (Å²) < 4.78 is 5.29. The van der Waals surface area contributed by atoms with Crippen molar-refractivity contribution in [3.05, 3.63) is 16.1 Å². The third-order valence-corrected chi connectivity index (χ3v) is 5.37. The van der Waals surface area contributed by atoms with Crippen molar-refractivity contribution in [1.29, 1.82) is 0 Å². The van der Waals surface area contributed by atoms with Crippen LogP contribution in [0.4, 0.5) is 0 Å². The highest BCUT2D eigenvalue weighted by atomic mass is 32.1. The smallest absolute Gasteiger partial charge is 0.191 e. The van der Waals surface area contributed by atoms with Crippen LogP contribution in [0.3, 0.4) is 0 Å². The molecule has 1 aliphatic carbocycles. The standard InChI is InChI=1S/C16H28N4OS/c1-13-18-10-14(22-13)11-19-15(17-2)20-12-16(8-9-21-3)6-4-5-7-16/h10H,4-9,11-12H2,1-3H3,(H2,17,19,20). The van der Waals surface area contributed by atoms with Crippen molar-refractivity contribution in [2.24, 2.45) is 10.4 Å². The number of nitrogens with zero attached hydrogens (tertiary/aromatic N) is 2. The Hall–Kier alpha value is -1.14. The summed E-state index contributed by atoms with van der Waals surface area (Å²) in [6.07, 6.45) is 8.29. The van der Waals surface area contributed by atoms with Crippen LogP contribution in [0.25, 0.3) is 0 Å². The Bertz CT molecular complexity index is 480. The largest absolute Gasteiger partial charge is 0.385 e. The van der Waals surface area contributed by atoms with Gasteiger partial charge in [0.1, 0.15) is 0 Å². The van der Waals surface area contributed by atoms with E-state index in [0.29, 0.717) is 5.41 Å². The van der Waals surface area contributed by atoms with E-state index in [1.807, 2.05) is 20.2 Å². The Labute approximate surface area is 137 Å². The average Bonchev–Trinajstić information content (AvgIpc) is 3.15. The SMILES string of the molecule is CN=C(NCc1cnc(C)s1)NCC1(CCOC)CCCC1. The first kappa shape index (κ1) is 17.2. The van der Waals surface area contributed by atoms with E-state index in [2.05, 4.69) is 20.6 Å². The van der Waals surface area contributed by atoms with Gasteiger partial charge < -0.3 is 15.4 Å². The molecule has 0 amide bonds. The summed E-state index contributed by atoms with van der Waals surface area (Å²) >= 11 is 1.72. The first-order valence-corrected chi connectivity index (χ1v) is 8.84. The molecule has 1 aromatic heterocycles. The van der Waals surface area contributed by atoms with Crippen molar-refractivity contribution in [3.63, 3.8) is 0 Å². The van der Waals surface area contributed by atoms with Gasteiger partial charge in [0, 0.05) is 38.4 Å². The van der Waals surface area contributed by atoms with E-state index < -0.39 is 0 Å². The van der Waals surface area contributed by atoms with E-state index in [1.54, 1.807) is 18.4 Å². The van der Waals surface area contributed by atoms with Gasteiger partial charge in [0.25, 0.3) is 0 Å². The highest BCUT2D eigenvalue weighted by Gasteiger charge is 2.33. The van der Waals surface area contributed by atoms with Crippen LogP contribution in [0.1, 0.15) is 42.0 Å². The molecule has 0 aliphatic heterocycles. The number of hydrogen-bond acceptors (Lipinski definition) is 4. The summed E-state index contributed by atoms with van der Waals surface area (Å²) in [6.45, 7) is 4.61. The van der Waals surface area contributed by atoms with E-state index in [1.165, 1.54) is 30.6 Å². The quantitative estimate of drug-likeness (QED) is 0.598. The fourth-order valence-electron chi connectivity index (χ4n) is 3.11. The average molecular weight is 324 g/mol. The second-order valence-corrected chi connectivity index (χ2v) is 7.39. The number of thiazole rings is 1. The zero-order valence-electron chi connectivity index (χ0n) is 13.9. The number of guanidine groups is 1. The summed E-state index contributed by atoms with van der Waals surface area (Å²) in [7, 11) is 3.61. The number of hydrogen-bond donors (Lipinski definition) is 2. The molecule has 1 saturated carbocycles. The summed E-state index contributed by atoms with van der Waals surface area (Å²) in [4.78, 5) is 9.84. The molecule has 0 radical (unpaired) electrons. The molecule has 0 unspecified atom stereocenters. The Morgan fingerprint density at radius 2 is 2.18 bits per heavy atom. The van der Waals surface area contributed by atoms with Crippen molar-refractivity contribution in [2.45, 2.75) is 45.6 Å². The number of aliphatic imine (C=N–C) groups is 1. The fourth-order valence-corrected chi connectivity index (χ4v) is 3.84. The van der Waals surface area contributed by atoms with Crippen LogP contribution in [0.5, 0.6) is 0 Å². The predicted octanol–water partition coefficient (Wildman–Crippen LogP) is 2.71. The topological polar surface area (TPSA) is 58.5 Å². The highest BCUT2D eigenvalue weighted by Crippen LogP contribution is 2.40. The summed E-state index contributed by atoms with van der Waals surface area (Å²) in [5.41, 5.74) is 0.370. The molecule has 6 heteroatoms. The lowest BCUT2D eigenvalue weighted by atomic mass is 9.83. The number of rotatable bonds is 7. The number of methoxy groups -OCH3 is 1. The molecule has 1 aromatic rings. The third kappa shape index (κ3) is 4.95. The Balaban J connectivity index is 1.81. The molecule has 2 N–H and O–H groups in total. The van der Waals surface area contributed by atoms with Crippen LogP contribution in [-0.4, -0.2) is 38.3 Å². The Morgan fingerprint density at radius 1 is 1.41 bits per heavy atom. The lowest BCUT2D eigenvalue weighted by Crippen LogP contribution is -2.43. The van der Waals surface area contributed by atoms with Crippen LogP contribution >= 0.6 is 11.3 Å². The van der Waals surface area contributed by atoms with Gasteiger partial charge in [-0.25, -0.2) is 4.98 Å². The number of ether oxygens (including phenoxy) is 1. The van der Waals surface area contributed by atoms with Gasteiger partial charge >= 0.3 is 0 Å². The highest BCUT2D eigenvalue weighted by molar-refractivity contribution is 7.11. The lowest BCUT2D eigenvalue weighted by molar-refractivity contribution is 0.138. The molecule has 1 fully saturated rings. The molecule has 0 atom stereocenters. The Morgan fingerprint density at radius 3 is 2.77 bits per heavy atom. The second-order valence-electron chi connectivity index (χ2n) is 6.07. The first-order chi connectivity index (χ1) is 10.7. The predicted molar refractivity (Wildman–Crippen MR) is 92.4 cm³/mol. The summed E-state index contributed by atoms with van der Waals surface area (Å²) in [5, 5.41) is 7.98. The van der Waals surface area contributed by atoms with Gasteiger partial charge in [0.2, 0.25) is 0 Å². The van der Waals surface area contributed by atoms with Crippen molar-refractivity contribution in [3.8, 4) is 0 Å². The van der Waals surface area contributed by atoms with Crippen molar-refractivity contribution < 1.29 is 4.74 Å². The minimum Gasteiger partial charge on any atom is -0.385 e. The van der Waals surface area contributed by atoms with Gasteiger partial charge in [-0.15, -0.1) is 11.3 Å². The van der Waals surface area contributed by atoms with E-state index in [4.69, 9.17) is 4.74 Å². The van der Waals surface area contributed by atoms with Gasteiger partial charge in [0.05, 0.1) is 11.6 Å². The number of aromatic nitrogens is 1. The van der Waals surface area contributed by atoms with Gasteiger partial charge in [-0.3, -0.25) is 4.99 Å². The molecular weight excluding hydrogens is 296 g/mol. The molecule has 124 valence electrons. The first-order valence-electron chi connectivity index (χ1n) is 8.02. The van der Waals surface area contributed by atoms with Gasteiger partial charge in [-0.1, -0.05) is 12.8 Å². The van der Waals surface area contributed by atoms with Crippen LogP contribution in [0.2, 0.25) is 0 Å². The molecular formula is C16H28N4OS. The van der Waals surface area contributed by atoms with Crippen molar-refractivity contribution in [1.82, 2.24) is 15.6 Å². The number of aryl methyl sites for hydroxylation is 1. The van der Waals surface area contributed by atoms with Crippen LogP contribution < -0.4 is 10.6 Å². The normalized spacial score (nSPS) is 17.7. The van der Waals surface area contributed by atoms with E-state index >= 15 is 0 Å². The fraction of sp³-hybridized carbons (Fsp3) is 0.750. The molecule has 1 aliphatic rings. The van der Waals surface area contributed by atoms with Crippen LogP contribution in [0, 0.1) is 12.3 Å². The molecule has 1 heterocycles. The lowest BCUT2D eigenvalue weighted by Gasteiger charge is -2.29. The van der Waals surface area contributed by atoms with Gasteiger partial charge in [-0.2, -0.15) is 0 Å². The van der Waals surface area contributed by atoms with Crippen LogP contribution in [-0.2, 0) is 11.3 Å². The summed E-state index contributed by atoms with van der Waals surface area (Å²) in [6, 6.07) is 0. The molecule has 2 rings (SSSR count). The monoisotopic (exact) mass is 324 g/mol.